The summed E-state index contributed by atoms with van der Waals surface area (Å²) in [7, 11) is 0. The van der Waals surface area contributed by atoms with Gasteiger partial charge in [-0.2, -0.15) is 0 Å². The second-order valence-corrected chi connectivity index (χ2v) is 4.17. The summed E-state index contributed by atoms with van der Waals surface area (Å²) in [6.07, 6.45) is 0.831. The maximum Gasteiger partial charge on any atom is 0.0487 e. The van der Waals surface area contributed by atoms with Crippen molar-refractivity contribution in [3.63, 3.8) is 0 Å². The van der Waals surface area contributed by atoms with Crippen molar-refractivity contribution in [3.8, 4) is 0 Å². The van der Waals surface area contributed by atoms with E-state index in [0.717, 1.165) is 17.0 Å². The highest BCUT2D eigenvalue weighted by molar-refractivity contribution is 6.30. The van der Waals surface area contributed by atoms with Crippen LogP contribution < -0.4 is 0 Å². The maximum absolute atomic E-state index is 5.86. The highest BCUT2D eigenvalue weighted by Gasteiger charge is 1.97. The molecule has 0 bridgehead atoms. The van der Waals surface area contributed by atoms with Crippen LogP contribution in [0.2, 0.25) is 10.0 Å². The van der Waals surface area contributed by atoms with Crippen molar-refractivity contribution in [2.75, 3.05) is 0 Å². The molecule has 0 saturated carbocycles. The van der Waals surface area contributed by atoms with Crippen LogP contribution in [0.5, 0.6) is 0 Å². The van der Waals surface area contributed by atoms with Crippen LogP contribution in [-0.4, -0.2) is 0 Å². The number of benzene rings is 2. The van der Waals surface area contributed by atoms with E-state index in [-0.39, 0.29) is 0 Å². The van der Waals surface area contributed by atoms with Crippen molar-refractivity contribution < 1.29 is 0 Å². The average molecular weight is 236 g/mol. The molecule has 0 fully saturated rings. The van der Waals surface area contributed by atoms with Gasteiger partial charge in [-0.15, -0.1) is 0 Å². The second kappa shape index (κ2) is 4.69. The van der Waals surface area contributed by atoms with Gasteiger partial charge in [0.1, 0.15) is 0 Å². The first-order valence-corrected chi connectivity index (χ1v) is 5.41. The molecule has 0 saturated heterocycles. The minimum absolute atomic E-state index is 0.654. The molecule has 0 aliphatic heterocycles. The summed E-state index contributed by atoms with van der Waals surface area (Å²) >= 11 is 11.7. The van der Waals surface area contributed by atoms with Gasteiger partial charge in [0.15, 0.2) is 0 Å². The molecule has 0 atom stereocenters. The molecule has 2 rings (SSSR count). The number of hydrogen-bond donors (Lipinski definition) is 0. The second-order valence-electron chi connectivity index (χ2n) is 3.33. The van der Waals surface area contributed by atoms with E-state index in [1.54, 1.807) is 0 Å². The fourth-order valence-corrected chi connectivity index (χ4v) is 1.73. The fourth-order valence-electron chi connectivity index (χ4n) is 1.41. The molecule has 2 heteroatoms. The van der Waals surface area contributed by atoms with E-state index in [1.165, 1.54) is 5.56 Å². The summed E-state index contributed by atoms with van der Waals surface area (Å²) < 4.78 is 0. The Morgan fingerprint density at radius 1 is 0.933 bits per heavy atom. The van der Waals surface area contributed by atoms with Crippen molar-refractivity contribution >= 4 is 23.2 Å². The lowest BCUT2D eigenvalue weighted by Gasteiger charge is -2.01. The standard InChI is InChI=1S/C13H9Cl2/c14-12-6-4-10(5-7-12)8-11-2-1-3-13(15)9-11/h1-7H,8H2. The number of halogens is 2. The molecule has 0 spiro atoms. The molecular weight excluding hydrogens is 227 g/mol. The Morgan fingerprint density at radius 2 is 1.67 bits per heavy atom. The third-order valence-electron chi connectivity index (χ3n) is 2.13. The van der Waals surface area contributed by atoms with Gasteiger partial charge in [-0.25, -0.2) is 0 Å². The minimum atomic E-state index is 0.654. The molecule has 0 aliphatic rings. The molecule has 75 valence electrons. The zero-order valence-electron chi connectivity index (χ0n) is 8.00. The molecular formula is C13H9Cl2. The van der Waals surface area contributed by atoms with Gasteiger partial charge in [0.05, 0.1) is 0 Å². The molecule has 0 unspecified atom stereocenters. The molecule has 0 heterocycles. The van der Waals surface area contributed by atoms with Crippen LogP contribution >= 0.6 is 23.2 Å². The molecule has 0 N–H and O–H groups in total. The van der Waals surface area contributed by atoms with Crippen LogP contribution in [0.3, 0.4) is 0 Å². The summed E-state index contributed by atoms with van der Waals surface area (Å²) in [6.45, 7) is 0. The first-order valence-electron chi connectivity index (χ1n) is 4.65. The zero-order valence-corrected chi connectivity index (χ0v) is 9.52. The fraction of sp³-hybridized carbons (Fsp3) is 0.0769. The van der Waals surface area contributed by atoms with E-state index in [2.05, 4.69) is 6.07 Å². The van der Waals surface area contributed by atoms with Crippen molar-refractivity contribution in [2.24, 2.45) is 0 Å². The normalized spacial score (nSPS) is 10.3. The quantitative estimate of drug-likeness (QED) is 0.725. The van der Waals surface area contributed by atoms with Crippen LogP contribution in [0.1, 0.15) is 11.1 Å². The minimum Gasteiger partial charge on any atom is -0.0843 e. The van der Waals surface area contributed by atoms with Gasteiger partial charge in [0.2, 0.25) is 0 Å². The summed E-state index contributed by atoms with van der Waals surface area (Å²) in [6, 6.07) is 16.7. The Labute approximate surface area is 99.5 Å². The first-order chi connectivity index (χ1) is 7.24. The van der Waals surface area contributed by atoms with Crippen LogP contribution in [0.4, 0.5) is 0 Å². The van der Waals surface area contributed by atoms with Gasteiger partial charge in [-0.05, 0) is 35.7 Å². The Morgan fingerprint density at radius 3 is 2.33 bits per heavy atom. The van der Waals surface area contributed by atoms with Crippen molar-refractivity contribution in [2.45, 2.75) is 6.42 Å². The third-order valence-corrected chi connectivity index (χ3v) is 2.60. The summed E-state index contributed by atoms with van der Waals surface area (Å²) in [5, 5.41) is 1.41. The lowest BCUT2D eigenvalue weighted by Crippen LogP contribution is -1.87. The first kappa shape index (κ1) is 10.5. The van der Waals surface area contributed by atoms with E-state index in [1.807, 2.05) is 42.5 Å². The third kappa shape index (κ3) is 2.98. The zero-order chi connectivity index (χ0) is 10.7. The van der Waals surface area contributed by atoms with E-state index < -0.39 is 0 Å². The highest BCUT2D eigenvalue weighted by Crippen LogP contribution is 2.15. The van der Waals surface area contributed by atoms with Crippen LogP contribution in [0.25, 0.3) is 0 Å². The van der Waals surface area contributed by atoms with E-state index in [9.17, 15) is 0 Å². The summed E-state index contributed by atoms with van der Waals surface area (Å²) in [5.41, 5.74) is 2.29. The van der Waals surface area contributed by atoms with Gasteiger partial charge in [0.25, 0.3) is 0 Å². The van der Waals surface area contributed by atoms with Crippen LogP contribution in [-0.2, 0) is 6.42 Å². The lowest BCUT2D eigenvalue weighted by molar-refractivity contribution is 1.19. The molecule has 15 heavy (non-hydrogen) atoms. The van der Waals surface area contributed by atoms with Crippen molar-refractivity contribution in [1.82, 2.24) is 0 Å². The summed E-state index contributed by atoms with van der Waals surface area (Å²) in [5.74, 6) is 0. The predicted molar refractivity (Wildman–Crippen MR) is 64.5 cm³/mol. The van der Waals surface area contributed by atoms with Gasteiger partial charge >= 0.3 is 0 Å². The topological polar surface area (TPSA) is 0 Å². The largest absolute Gasteiger partial charge is 0.0843 e. The van der Waals surface area contributed by atoms with Gasteiger partial charge in [0, 0.05) is 16.1 Å². The van der Waals surface area contributed by atoms with Crippen LogP contribution in [0.15, 0.2) is 42.5 Å². The van der Waals surface area contributed by atoms with E-state index in [0.29, 0.717) is 5.02 Å². The van der Waals surface area contributed by atoms with E-state index >= 15 is 0 Å². The Kier molecular flexibility index (Phi) is 3.30. The molecule has 2 aromatic carbocycles. The molecule has 0 amide bonds. The van der Waals surface area contributed by atoms with Gasteiger partial charge < -0.3 is 0 Å². The molecule has 0 nitrogen and oxygen atoms in total. The molecule has 0 aromatic heterocycles. The Balaban J connectivity index is 2.18. The van der Waals surface area contributed by atoms with Crippen LogP contribution in [0, 0.1) is 6.07 Å². The predicted octanol–water partition coefficient (Wildman–Crippen LogP) is 4.38. The number of rotatable bonds is 2. The monoisotopic (exact) mass is 235 g/mol. The SMILES string of the molecule is Clc1[c]c(Cc2ccc(Cl)cc2)ccc1. The van der Waals surface area contributed by atoms with Gasteiger partial charge in [-0.1, -0.05) is 47.5 Å². The lowest BCUT2D eigenvalue weighted by atomic mass is 10.1. The van der Waals surface area contributed by atoms with Crippen molar-refractivity contribution in [3.05, 3.63) is 69.7 Å². The molecule has 0 aliphatic carbocycles. The molecule has 2 aromatic rings. The van der Waals surface area contributed by atoms with E-state index in [4.69, 9.17) is 23.2 Å². The smallest absolute Gasteiger partial charge is 0.0487 e. The van der Waals surface area contributed by atoms with Gasteiger partial charge in [-0.3, -0.25) is 0 Å². The Bertz CT molecular complexity index is 446. The Hall–Kier alpha value is -0.980. The average Bonchev–Trinajstić information content (AvgIpc) is 2.22. The number of hydrogen-bond acceptors (Lipinski definition) is 0. The summed E-state index contributed by atoms with van der Waals surface area (Å²) in [4.78, 5) is 0. The van der Waals surface area contributed by atoms with Crippen molar-refractivity contribution in [1.29, 1.82) is 0 Å². The maximum atomic E-state index is 5.86. The molecule has 1 radical (unpaired) electrons. The highest BCUT2D eigenvalue weighted by atomic mass is 35.5.